The number of methoxy groups -OCH3 is 1. The number of nitro groups is 1. The molecule has 0 aliphatic heterocycles. The third kappa shape index (κ3) is 9.01. The smallest absolute Gasteiger partial charge is 0.273 e. The van der Waals surface area contributed by atoms with Gasteiger partial charge in [0, 0.05) is 46.2 Å². The highest BCUT2D eigenvalue weighted by atomic mass is 35.5. The lowest BCUT2D eigenvalue weighted by Crippen LogP contribution is -2.53. The zero-order chi connectivity index (χ0) is 35.9. The summed E-state index contributed by atoms with van der Waals surface area (Å²) in [4.78, 5) is 40.2. The van der Waals surface area contributed by atoms with Gasteiger partial charge in [-0.05, 0) is 61.4 Å². The summed E-state index contributed by atoms with van der Waals surface area (Å²) in [7, 11) is -3.39. The average Bonchev–Trinajstić information content (AvgIpc) is 3.06. The fraction of sp³-hybridized carbons (Fsp3) is 0.235. The minimum Gasteiger partial charge on any atom is -0.495 e. The van der Waals surface area contributed by atoms with E-state index in [2.05, 4.69) is 5.32 Å². The maximum absolute atomic E-state index is 14.6. The molecule has 258 valence electrons. The largest absolute Gasteiger partial charge is 0.495 e. The van der Waals surface area contributed by atoms with Crippen LogP contribution in [0.2, 0.25) is 15.1 Å². The van der Waals surface area contributed by atoms with Gasteiger partial charge in [0.15, 0.2) is 0 Å². The number of halogens is 3. The third-order valence-electron chi connectivity index (χ3n) is 7.63. The Labute approximate surface area is 299 Å². The van der Waals surface area contributed by atoms with Crippen molar-refractivity contribution in [3.8, 4) is 5.75 Å². The van der Waals surface area contributed by atoms with Crippen LogP contribution in [0.3, 0.4) is 0 Å². The second kappa shape index (κ2) is 16.4. The summed E-state index contributed by atoms with van der Waals surface area (Å²) >= 11 is 19.0. The van der Waals surface area contributed by atoms with E-state index in [1.165, 1.54) is 55.3 Å². The number of anilines is 1. The molecule has 0 saturated heterocycles. The Morgan fingerprint density at radius 2 is 1.63 bits per heavy atom. The molecule has 1 N–H and O–H groups in total. The summed E-state index contributed by atoms with van der Waals surface area (Å²) < 4.78 is 35.1. The van der Waals surface area contributed by atoms with E-state index >= 15 is 0 Å². The normalized spacial score (nSPS) is 11.8. The van der Waals surface area contributed by atoms with Crippen molar-refractivity contribution >= 4 is 68.0 Å². The summed E-state index contributed by atoms with van der Waals surface area (Å²) in [6.45, 7) is 2.43. The molecule has 0 saturated carbocycles. The molecule has 0 fully saturated rings. The van der Waals surface area contributed by atoms with Crippen molar-refractivity contribution in [3.63, 3.8) is 0 Å². The van der Waals surface area contributed by atoms with Gasteiger partial charge in [0.2, 0.25) is 11.8 Å². The first kappa shape index (κ1) is 37.5. The van der Waals surface area contributed by atoms with Crippen molar-refractivity contribution in [2.24, 2.45) is 0 Å². The van der Waals surface area contributed by atoms with Crippen LogP contribution < -0.4 is 14.4 Å². The molecule has 0 bridgehead atoms. The molecule has 0 heterocycles. The number of nitrogens with zero attached hydrogens (tertiary/aromatic N) is 3. The van der Waals surface area contributed by atoms with Crippen LogP contribution in [0, 0.1) is 17.0 Å². The lowest BCUT2D eigenvalue weighted by Gasteiger charge is -2.34. The number of ether oxygens (including phenoxy) is 1. The Morgan fingerprint density at radius 1 is 0.959 bits per heavy atom. The Balaban J connectivity index is 1.90. The van der Waals surface area contributed by atoms with Crippen LogP contribution >= 0.6 is 34.8 Å². The first-order valence-electron chi connectivity index (χ1n) is 14.9. The molecule has 0 unspecified atom stereocenters. The van der Waals surface area contributed by atoms with Crippen molar-refractivity contribution in [2.75, 3.05) is 24.5 Å². The van der Waals surface area contributed by atoms with E-state index in [-0.39, 0.29) is 46.6 Å². The second-order valence-corrected chi connectivity index (χ2v) is 14.0. The molecule has 4 aromatic rings. The predicted octanol–water partition coefficient (Wildman–Crippen LogP) is 6.84. The lowest BCUT2D eigenvalue weighted by atomic mass is 10.0. The van der Waals surface area contributed by atoms with E-state index in [1.807, 2.05) is 18.2 Å². The van der Waals surface area contributed by atoms with E-state index in [0.717, 1.165) is 15.9 Å². The Morgan fingerprint density at radius 3 is 2.27 bits per heavy atom. The molecule has 0 aliphatic carbocycles. The molecule has 11 nitrogen and oxygen atoms in total. The number of carbonyl (C=O) groups excluding carboxylic acids is 2. The number of nitrogens with one attached hydrogen (secondary N) is 1. The molecule has 2 amide bonds. The molecule has 0 aromatic heterocycles. The van der Waals surface area contributed by atoms with Crippen molar-refractivity contribution in [2.45, 2.75) is 37.8 Å². The number of benzene rings is 4. The van der Waals surface area contributed by atoms with Crippen LogP contribution in [0.25, 0.3) is 0 Å². The highest BCUT2D eigenvalue weighted by Gasteiger charge is 2.36. The molecule has 49 heavy (non-hydrogen) atoms. The van der Waals surface area contributed by atoms with Gasteiger partial charge in [-0.2, -0.15) is 0 Å². The molecule has 4 rings (SSSR count). The maximum atomic E-state index is 14.6. The number of amides is 2. The van der Waals surface area contributed by atoms with E-state index < -0.39 is 49.9 Å². The summed E-state index contributed by atoms with van der Waals surface area (Å²) in [6, 6.07) is 20.3. The summed E-state index contributed by atoms with van der Waals surface area (Å²) in [5.41, 5.74) is 0.901. The van der Waals surface area contributed by atoms with Crippen LogP contribution in [-0.2, 0) is 32.6 Å². The first-order chi connectivity index (χ1) is 23.3. The first-order valence-corrected chi connectivity index (χ1v) is 17.5. The zero-order valence-electron chi connectivity index (χ0n) is 26.7. The predicted molar refractivity (Wildman–Crippen MR) is 190 cm³/mol. The number of likely N-dealkylation sites (N-methyl/N-ethyl adjacent to an activating group) is 1. The van der Waals surface area contributed by atoms with Gasteiger partial charge in [0.05, 0.1) is 22.6 Å². The van der Waals surface area contributed by atoms with E-state index in [9.17, 15) is 28.1 Å². The molecule has 0 radical (unpaired) electrons. The second-order valence-electron chi connectivity index (χ2n) is 10.9. The van der Waals surface area contributed by atoms with Crippen LogP contribution in [-0.4, -0.2) is 56.3 Å². The Kier molecular flexibility index (Phi) is 12.5. The van der Waals surface area contributed by atoms with Crippen molar-refractivity contribution in [1.29, 1.82) is 0 Å². The monoisotopic (exact) mass is 746 g/mol. The summed E-state index contributed by atoms with van der Waals surface area (Å²) in [5, 5.41) is 15.3. The number of nitro benzene ring substituents is 1. The Hall–Kier alpha value is -4.36. The van der Waals surface area contributed by atoms with Crippen molar-refractivity contribution in [1.82, 2.24) is 10.2 Å². The van der Waals surface area contributed by atoms with Gasteiger partial charge in [0.25, 0.3) is 15.7 Å². The zero-order valence-corrected chi connectivity index (χ0v) is 29.8. The van der Waals surface area contributed by atoms with Crippen LogP contribution in [0.5, 0.6) is 5.75 Å². The van der Waals surface area contributed by atoms with Gasteiger partial charge < -0.3 is 15.0 Å². The fourth-order valence-electron chi connectivity index (χ4n) is 5.12. The van der Waals surface area contributed by atoms with Crippen molar-refractivity contribution in [3.05, 3.63) is 127 Å². The fourth-order valence-corrected chi connectivity index (χ4v) is 7.20. The average molecular weight is 748 g/mol. The van der Waals surface area contributed by atoms with Gasteiger partial charge in [-0.25, -0.2) is 8.42 Å². The molecule has 0 spiro atoms. The number of hydrogen-bond donors (Lipinski definition) is 1. The minimum atomic E-state index is -4.71. The highest BCUT2D eigenvalue weighted by molar-refractivity contribution is 7.92. The molecule has 4 aromatic carbocycles. The highest BCUT2D eigenvalue weighted by Crippen LogP contribution is 2.36. The van der Waals surface area contributed by atoms with Gasteiger partial charge >= 0.3 is 0 Å². The number of hydrogen-bond acceptors (Lipinski definition) is 7. The van der Waals surface area contributed by atoms with Gasteiger partial charge in [-0.1, -0.05) is 77.3 Å². The number of rotatable bonds is 14. The van der Waals surface area contributed by atoms with E-state index in [0.29, 0.717) is 10.6 Å². The standard InChI is InChI=1S/C34H33Cl3N4O7S/c1-4-38-34(43)31(16-23-8-6-5-7-9-23)39(20-24-11-12-25(35)17-28(24)37)33(42)21-40(30-18-26(36)13-15-32(30)48-3)49(46,47)27-14-10-22(2)29(19-27)41(44)45/h5-15,17-19,31H,4,16,20-21H2,1-3H3,(H,38,43)/t31-/m1/s1. The van der Waals surface area contributed by atoms with Crippen LogP contribution in [0.1, 0.15) is 23.6 Å². The number of sulfonamides is 1. The summed E-state index contributed by atoms with van der Waals surface area (Å²) in [6.07, 6.45) is 0.0843. The summed E-state index contributed by atoms with van der Waals surface area (Å²) in [5.74, 6) is -1.21. The molecular weight excluding hydrogens is 715 g/mol. The molecule has 15 heteroatoms. The van der Waals surface area contributed by atoms with Crippen molar-refractivity contribution < 1.29 is 27.7 Å². The molecular formula is C34H33Cl3N4O7S. The third-order valence-corrected chi connectivity index (χ3v) is 10.2. The van der Waals surface area contributed by atoms with E-state index in [4.69, 9.17) is 39.5 Å². The topological polar surface area (TPSA) is 139 Å². The molecule has 1 atom stereocenters. The maximum Gasteiger partial charge on any atom is 0.273 e. The van der Waals surface area contributed by atoms with Crippen LogP contribution in [0.15, 0.2) is 89.8 Å². The van der Waals surface area contributed by atoms with Crippen LogP contribution in [0.4, 0.5) is 11.4 Å². The van der Waals surface area contributed by atoms with Gasteiger partial charge in [-0.3, -0.25) is 24.0 Å². The molecule has 0 aliphatic rings. The SMILES string of the molecule is CCNC(=O)[C@@H](Cc1ccccc1)N(Cc1ccc(Cl)cc1Cl)C(=O)CN(c1cc(Cl)ccc1OC)S(=O)(=O)c1ccc(C)c([N+](=O)[O-])c1. The minimum absolute atomic E-state index is 0.0549. The Bertz CT molecular complexity index is 1960. The lowest BCUT2D eigenvalue weighted by molar-refractivity contribution is -0.385. The van der Waals surface area contributed by atoms with Gasteiger partial charge in [-0.15, -0.1) is 0 Å². The van der Waals surface area contributed by atoms with Gasteiger partial charge in [0.1, 0.15) is 18.3 Å². The number of carbonyl (C=O) groups is 2. The number of aryl methyl sites for hydroxylation is 1. The van der Waals surface area contributed by atoms with E-state index in [1.54, 1.807) is 31.2 Å². The quantitative estimate of drug-likeness (QED) is 0.110.